The molecule has 0 fully saturated rings. The number of primary amides is 1. The molecule has 5 rings (SSSR count). The molecule has 4 aromatic rings. The highest BCUT2D eigenvalue weighted by Gasteiger charge is 2.23. The fourth-order valence-corrected chi connectivity index (χ4v) is 4.96. The molecule has 5 nitrogen and oxygen atoms in total. The van der Waals surface area contributed by atoms with Crippen molar-refractivity contribution < 1.29 is 4.79 Å². The van der Waals surface area contributed by atoms with Gasteiger partial charge in [0.25, 0.3) is 5.56 Å². The summed E-state index contributed by atoms with van der Waals surface area (Å²) in [5.41, 5.74) is 11.6. The second-order valence-electron chi connectivity index (χ2n) is 8.65. The van der Waals surface area contributed by atoms with Gasteiger partial charge in [-0.15, -0.1) is 0 Å². The zero-order valence-electron chi connectivity index (χ0n) is 18.9. The molecule has 2 N–H and O–H groups in total. The summed E-state index contributed by atoms with van der Waals surface area (Å²) < 4.78 is 1.80. The van der Waals surface area contributed by atoms with E-state index in [-0.39, 0.29) is 11.5 Å². The predicted octanol–water partition coefficient (Wildman–Crippen LogP) is 4.19. The first kappa shape index (κ1) is 21.7. The van der Waals surface area contributed by atoms with Crippen LogP contribution in [0.3, 0.4) is 0 Å². The van der Waals surface area contributed by atoms with Crippen LogP contribution < -0.4 is 16.2 Å². The molecule has 0 spiro atoms. The highest BCUT2D eigenvalue weighted by atomic mass is 16.1. The SMILES string of the molecule is NC(=O)c1cccc2c1CCN2CCn1cc(C(c2ccccc2)c2ccccc2)ccc1=O. The summed E-state index contributed by atoms with van der Waals surface area (Å²) in [6.07, 6.45) is 2.78. The Balaban J connectivity index is 1.43. The van der Waals surface area contributed by atoms with E-state index in [0.29, 0.717) is 18.7 Å². The van der Waals surface area contributed by atoms with E-state index in [4.69, 9.17) is 5.73 Å². The summed E-state index contributed by atoms with van der Waals surface area (Å²) in [4.78, 5) is 26.8. The molecule has 0 bridgehead atoms. The van der Waals surface area contributed by atoms with Crippen LogP contribution in [0, 0.1) is 0 Å². The predicted molar refractivity (Wildman–Crippen MR) is 135 cm³/mol. The number of hydrogen-bond acceptors (Lipinski definition) is 3. The van der Waals surface area contributed by atoms with E-state index in [1.807, 2.05) is 60.8 Å². The van der Waals surface area contributed by atoms with Crippen molar-refractivity contribution in [3.8, 4) is 0 Å². The quantitative estimate of drug-likeness (QED) is 0.460. The van der Waals surface area contributed by atoms with Crippen LogP contribution in [-0.4, -0.2) is 23.6 Å². The van der Waals surface area contributed by atoms with Gasteiger partial charge in [-0.1, -0.05) is 72.8 Å². The smallest absolute Gasteiger partial charge is 0.250 e. The second kappa shape index (κ2) is 9.40. The molecule has 2 heterocycles. The lowest BCUT2D eigenvalue weighted by atomic mass is 9.86. The number of benzene rings is 3. The van der Waals surface area contributed by atoms with Crippen molar-refractivity contribution in [3.63, 3.8) is 0 Å². The number of hydrogen-bond donors (Lipinski definition) is 1. The molecular weight excluding hydrogens is 422 g/mol. The number of pyridine rings is 1. The van der Waals surface area contributed by atoms with Gasteiger partial charge in [0.2, 0.25) is 5.91 Å². The number of carbonyl (C=O) groups is 1. The summed E-state index contributed by atoms with van der Waals surface area (Å²) in [7, 11) is 0. The molecular formula is C29H27N3O2. The van der Waals surface area contributed by atoms with E-state index < -0.39 is 5.91 Å². The minimum Gasteiger partial charge on any atom is -0.369 e. The number of aromatic nitrogens is 1. The Morgan fingerprint density at radius 3 is 2.12 bits per heavy atom. The summed E-state index contributed by atoms with van der Waals surface area (Å²) in [5.74, 6) is -0.352. The van der Waals surface area contributed by atoms with Crippen molar-refractivity contribution in [3.05, 3.63) is 135 Å². The third kappa shape index (κ3) is 4.25. The van der Waals surface area contributed by atoms with E-state index in [1.165, 1.54) is 11.1 Å². The van der Waals surface area contributed by atoms with Gasteiger partial charge in [0.1, 0.15) is 0 Å². The molecule has 34 heavy (non-hydrogen) atoms. The molecule has 0 unspecified atom stereocenters. The number of nitrogens with two attached hydrogens (primary N) is 1. The Bertz CT molecular complexity index is 1320. The van der Waals surface area contributed by atoms with Crippen LogP contribution in [-0.2, 0) is 13.0 Å². The molecule has 1 amide bonds. The largest absolute Gasteiger partial charge is 0.369 e. The van der Waals surface area contributed by atoms with Gasteiger partial charge in [-0.3, -0.25) is 9.59 Å². The maximum atomic E-state index is 12.7. The topological polar surface area (TPSA) is 68.3 Å². The number of nitrogens with zero attached hydrogens (tertiary/aromatic N) is 2. The van der Waals surface area contributed by atoms with Crippen LogP contribution >= 0.6 is 0 Å². The van der Waals surface area contributed by atoms with Crippen molar-refractivity contribution in [1.29, 1.82) is 0 Å². The van der Waals surface area contributed by atoms with Crippen molar-refractivity contribution in [2.45, 2.75) is 18.9 Å². The highest BCUT2D eigenvalue weighted by molar-refractivity contribution is 5.96. The van der Waals surface area contributed by atoms with E-state index >= 15 is 0 Å². The van der Waals surface area contributed by atoms with Gasteiger partial charge in [-0.25, -0.2) is 0 Å². The number of anilines is 1. The molecule has 0 radical (unpaired) electrons. The minimum absolute atomic E-state index is 0.0195. The molecule has 0 saturated carbocycles. The van der Waals surface area contributed by atoms with Crippen LogP contribution in [0.25, 0.3) is 0 Å². The molecule has 3 aromatic carbocycles. The van der Waals surface area contributed by atoms with E-state index in [0.717, 1.165) is 29.8 Å². The van der Waals surface area contributed by atoms with Gasteiger partial charge >= 0.3 is 0 Å². The third-order valence-corrected chi connectivity index (χ3v) is 6.61. The van der Waals surface area contributed by atoms with E-state index in [9.17, 15) is 9.59 Å². The van der Waals surface area contributed by atoms with Gasteiger partial charge in [-0.05, 0) is 40.8 Å². The van der Waals surface area contributed by atoms with Crippen molar-refractivity contribution >= 4 is 11.6 Å². The zero-order valence-corrected chi connectivity index (χ0v) is 18.9. The lowest BCUT2D eigenvalue weighted by molar-refractivity contribution is 0.0999. The average Bonchev–Trinajstić information content (AvgIpc) is 3.29. The minimum atomic E-state index is -0.393. The van der Waals surface area contributed by atoms with Gasteiger partial charge in [0, 0.05) is 49.1 Å². The number of rotatable bonds is 7. The van der Waals surface area contributed by atoms with Gasteiger partial charge in [0.05, 0.1) is 0 Å². The summed E-state index contributed by atoms with van der Waals surface area (Å²) >= 11 is 0. The maximum absolute atomic E-state index is 12.7. The van der Waals surface area contributed by atoms with Gasteiger partial charge < -0.3 is 15.2 Å². The lowest BCUT2D eigenvalue weighted by Crippen LogP contribution is -2.30. The van der Waals surface area contributed by atoms with Crippen molar-refractivity contribution in [2.75, 3.05) is 18.0 Å². The molecule has 1 aliphatic rings. The monoisotopic (exact) mass is 449 g/mol. The standard InChI is InChI=1S/C29H27N3O2/c30-29(34)25-12-7-13-26-24(25)16-17-31(26)18-19-32-20-23(14-15-27(32)33)28(21-8-3-1-4-9-21)22-10-5-2-6-11-22/h1-15,20,28H,16-19H2,(H2,30,34). The van der Waals surface area contributed by atoms with Crippen LogP contribution in [0.1, 0.15) is 38.5 Å². The summed E-state index contributed by atoms with van der Waals surface area (Å²) in [5, 5.41) is 0. The normalized spacial score (nSPS) is 12.7. The molecule has 0 saturated heterocycles. The Morgan fingerprint density at radius 2 is 1.47 bits per heavy atom. The fourth-order valence-electron chi connectivity index (χ4n) is 4.96. The molecule has 1 aliphatic heterocycles. The summed E-state index contributed by atoms with van der Waals surface area (Å²) in [6, 6.07) is 30.0. The van der Waals surface area contributed by atoms with Gasteiger partial charge in [-0.2, -0.15) is 0 Å². The molecule has 170 valence electrons. The molecule has 5 heteroatoms. The Hall–Kier alpha value is -4.12. The highest BCUT2D eigenvalue weighted by Crippen LogP contribution is 2.32. The van der Waals surface area contributed by atoms with E-state index in [1.54, 1.807) is 16.7 Å². The van der Waals surface area contributed by atoms with Crippen LogP contribution in [0.5, 0.6) is 0 Å². The Kier molecular flexibility index (Phi) is 6.00. The first-order chi connectivity index (χ1) is 16.6. The van der Waals surface area contributed by atoms with Crippen LogP contribution in [0.15, 0.2) is 102 Å². The lowest BCUT2D eigenvalue weighted by Gasteiger charge is -2.22. The second-order valence-corrected chi connectivity index (χ2v) is 8.65. The number of fused-ring (bicyclic) bond motifs is 1. The maximum Gasteiger partial charge on any atom is 0.250 e. The van der Waals surface area contributed by atoms with E-state index in [2.05, 4.69) is 29.2 Å². The molecule has 0 atom stereocenters. The molecule has 0 aliphatic carbocycles. The first-order valence-corrected chi connectivity index (χ1v) is 11.6. The summed E-state index contributed by atoms with van der Waals surface area (Å²) in [6.45, 7) is 2.05. The van der Waals surface area contributed by atoms with Crippen LogP contribution in [0.2, 0.25) is 0 Å². The van der Waals surface area contributed by atoms with Crippen molar-refractivity contribution in [1.82, 2.24) is 4.57 Å². The first-order valence-electron chi connectivity index (χ1n) is 11.6. The fraction of sp³-hybridized carbons (Fsp3) is 0.172. The van der Waals surface area contributed by atoms with Crippen molar-refractivity contribution in [2.24, 2.45) is 5.73 Å². The third-order valence-electron chi connectivity index (χ3n) is 6.61. The van der Waals surface area contributed by atoms with Gasteiger partial charge in [0.15, 0.2) is 0 Å². The molecule has 1 aromatic heterocycles. The number of carbonyl (C=O) groups excluding carboxylic acids is 1. The zero-order chi connectivity index (χ0) is 23.5. The Morgan fingerprint density at radius 1 is 0.794 bits per heavy atom. The Labute approximate surface area is 199 Å². The number of amides is 1. The average molecular weight is 450 g/mol. The van der Waals surface area contributed by atoms with Crippen LogP contribution in [0.4, 0.5) is 5.69 Å².